The van der Waals surface area contributed by atoms with Crippen LogP contribution in [0.4, 0.5) is 0 Å². The molecule has 4 nitrogen and oxygen atoms in total. The molecule has 1 aromatic rings. The van der Waals surface area contributed by atoms with Gasteiger partial charge in [0, 0.05) is 6.61 Å². The summed E-state index contributed by atoms with van der Waals surface area (Å²) in [6.45, 7) is 1.21. The highest BCUT2D eigenvalue weighted by molar-refractivity contribution is 5.85. The highest BCUT2D eigenvalue weighted by atomic mass is 35.5. The first-order valence-electron chi connectivity index (χ1n) is 8.32. The summed E-state index contributed by atoms with van der Waals surface area (Å²) in [6.07, 6.45) is 7.39. The molecule has 0 fully saturated rings. The Hall–Kier alpha value is -0.650. The zero-order chi connectivity index (χ0) is 16.1. The van der Waals surface area contributed by atoms with E-state index in [-0.39, 0.29) is 25.6 Å². The van der Waals surface area contributed by atoms with Crippen molar-refractivity contribution in [3.63, 3.8) is 0 Å². The van der Waals surface area contributed by atoms with Crippen LogP contribution in [0.15, 0.2) is 30.3 Å². The molecular weight excluding hydrogens is 314 g/mol. The molecule has 0 bridgehead atoms. The van der Waals surface area contributed by atoms with Gasteiger partial charge in [-0.2, -0.15) is 0 Å². The van der Waals surface area contributed by atoms with Crippen LogP contribution in [0.2, 0.25) is 0 Å². The summed E-state index contributed by atoms with van der Waals surface area (Å²) < 4.78 is 5.65. The van der Waals surface area contributed by atoms with Gasteiger partial charge in [-0.15, -0.1) is 12.4 Å². The average molecular weight is 346 g/mol. The van der Waals surface area contributed by atoms with E-state index in [0.29, 0.717) is 13.0 Å². The number of benzene rings is 1. The third kappa shape index (κ3) is 10.7. The van der Waals surface area contributed by atoms with E-state index in [0.717, 1.165) is 25.9 Å². The van der Waals surface area contributed by atoms with Gasteiger partial charge in [-0.3, -0.25) is 0 Å². The van der Waals surface area contributed by atoms with Gasteiger partial charge >= 0.3 is 0 Å². The molecule has 0 heterocycles. The van der Waals surface area contributed by atoms with E-state index >= 15 is 0 Å². The van der Waals surface area contributed by atoms with Crippen LogP contribution in [0.25, 0.3) is 0 Å². The molecule has 0 aliphatic rings. The fourth-order valence-corrected chi connectivity index (χ4v) is 2.36. The van der Waals surface area contributed by atoms with E-state index in [1.165, 1.54) is 24.8 Å². The average Bonchev–Trinajstić information content (AvgIpc) is 2.57. The summed E-state index contributed by atoms with van der Waals surface area (Å²) >= 11 is 0. The van der Waals surface area contributed by atoms with Crippen molar-refractivity contribution in [3.05, 3.63) is 35.9 Å². The second kappa shape index (κ2) is 13.8. The fourth-order valence-electron chi connectivity index (χ4n) is 2.36. The van der Waals surface area contributed by atoms with Crippen LogP contribution in [-0.4, -0.2) is 35.6 Å². The quantitative estimate of drug-likeness (QED) is 0.480. The van der Waals surface area contributed by atoms with Gasteiger partial charge in [-0.1, -0.05) is 62.4 Å². The Morgan fingerprint density at radius 3 is 2.04 bits per heavy atom. The van der Waals surface area contributed by atoms with E-state index in [1.54, 1.807) is 0 Å². The number of aliphatic hydroxyl groups is 2. The normalized spacial score (nSPS) is 11.3. The van der Waals surface area contributed by atoms with E-state index in [1.807, 2.05) is 18.2 Å². The molecule has 0 aliphatic carbocycles. The molecule has 1 aromatic carbocycles. The molecule has 0 amide bonds. The molecule has 134 valence electrons. The zero-order valence-electron chi connectivity index (χ0n) is 14.0. The number of unbranched alkanes of at least 4 members (excludes halogenated alkanes) is 5. The molecule has 0 saturated heterocycles. The number of rotatable bonds is 13. The maximum absolute atomic E-state index is 9.09. The third-order valence-corrected chi connectivity index (χ3v) is 3.95. The van der Waals surface area contributed by atoms with Crippen molar-refractivity contribution < 1.29 is 14.9 Å². The number of hydrogen-bond acceptors (Lipinski definition) is 4. The molecule has 0 atom stereocenters. The van der Waals surface area contributed by atoms with Gasteiger partial charge < -0.3 is 20.7 Å². The summed E-state index contributed by atoms with van der Waals surface area (Å²) in [5.41, 5.74) is 6.25. The lowest BCUT2D eigenvalue weighted by Crippen LogP contribution is -2.47. The van der Waals surface area contributed by atoms with E-state index < -0.39 is 5.54 Å². The van der Waals surface area contributed by atoms with Crippen LogP contribution >= 0.6 is 12.4 Å². The number of aliphatic hydroxyl groups excluding tert-OH is 2. The Bertz CT molecular complexity index is 372. The number of ether oxygens (including phenoxy) is 1. The molecule has 0 unspecified atom stereocenters. The Labute approximate surface area is 146 Å². The van der Waals surface area contributed by atoms with Crippen molar-refractivity contribution >= 4 is 12.4 Å². The van der Waals surface area contributed by atoms with Crippen LogP contribution in [-0.2, 0) is 11.3 Å². The Morgan fingerprint density at radius 1 is 0.870 bits per heavy atom. The van der Waals surface area contributed by atoms with Crippen molar-refractivity contribution in [2.45, 2.75) is 57.1 Å². The van der Waals surface area contributed by atoms with Gasteiger partial charge in [0.25, 0.3) is 0 Å². The lowest BCUT2D eigenvalue weighted by atomic mass is 9.95. The minimum absolute atomic E-state index is 0. The maximum atomic E-state index is 9.09. The van der Waals surface area contributed by atoms with Crippen molar-refractivity contribution in [2.75, 3.05) is 19.8 Å². The zero-order valence-corrected chi connectivity index (χ0v) is 14.8. The molecule has 0 radical (unpaired) electrons. The summed E-state index contributed by atoms with van der Waals surface area (Å²) in [5.74, 6) is 0. The summed E-state index contributed by atoms with van der Waals surface area (Å²) in [6, 6.07) is 10.2. The van der Waals surface area contributed by atoms with Crippen LogP contribution in [0.3, 0.4) is 0 Å². The first-order valence-corrected chi connectivity index (χ1v) is 8.32. The van der Waals surface area contributed by atoms with Gasteiger partial charge in [-0.25, -0.2) is 0 Å². The van der Waals surface area contributed by atoms with Crippen molar-refractivity contribution in [2.24, 2.45) is 5.73 Å². The minimum atomic E-state index is -0.800. The predicted octanol–water partition coefficient (Wildman–Crippen LogP) is 3.04. The smallest absolute Gasteiger partial charge is 0.0716 e. The summed E-state index contributed by atoms with van der Waals surface area (Å²) in [5, 5.41) is 18.2. The molecule has 23 heavy (non-hydrogen) atoms. The molecular formula is C18H32ClNO3. The molecule has 1 rings (SSSR count). The highest BCUT2D eigenvalue weighted by Crippen LogP contribution is 2.13. The van der Waals surface area contributed by atoms with Crippen molar-refractivity contribution in [1.29, 1.82) is 0 Å². The van der Waals surface area contributed by atoms with Crippen molar-refractivity contribution in [3.8, 4) is 0 Å². The second-order valence-corrected chi connectivity index (χ2v) is 6.09. The van der Waals surface area contributed by atoms with Crippen LogP contribution in [0, 0.1) is 0 Å². The second-order valence-electron chi connectivity index (χ2n) is 6.09. The number of nitrogens with two attached hydrogens (primary N) is 1. The monoisotopic (exact) mass is 345 g/mol. The van der Waals surface area contributed by atoms with Gasteiger partial charge in [0.15, 0.2) is 0 Å². The highest BCUT2D eigenvalue weighted by Gasteiger charge is 2.21. The molecule has 0 saturated carbocycles. The number of halogens is 1. The standard InChI is InChI=1S/C18H31NO3.ClH/c19-18(15-20,16-21)12-8-3-1-2-4-9-13-22-14-17-10-6-5-7-11-17;/h5-7,10-11,20-21H,1-4,8-9,12-16,19H2;1H. The van der Waals surface area contributed by atoms with Crippen LogP contribution < -0.4 is 5.73 Å². The molecule has 5 heteroatoms. The van der Waals surface area contributed by atoms with Crippen molar-refractivity contribution in [1.82, 2.24) is 0 Å². The molecule has 4 N–H and O–H groups in total. The Balaban J connectivity index is 0.00000484. The maximum Gasteiger partial charge on any atom is 0.0716 e. The molecule has 0 aliphatic heterocycles. The fraction of sp³-hybridized carbons (Fsp3) is 0.667. The summed E-state index contributed by atoms with van der Waals surface area (Å²) in [7, 11) is 0. The topological polar surface area (TPSA) is 75.7 Å². The van der Waals surface area contributed by atoms with Gasteiger partial charge in [-0.05, 0) is 18.4 Å². The lowest BCUT2D eigenvalue weighted by Gasteiger charge is -2.24. The third-order valence-electron chi connectivity index (χ3n) is 3.95. The Kier molecular flexibility index (Phi) is 13.4. The lowest BCUT2D eigenvalue weighted by molar-refractivity contribution is 0.112. The molecule has 0 aromatic heterocycles. The largest absolute Gasteiger partial charge is 0.394 e. The minimum Gasteiger partial charge on any atom is -0.394 e. The van der Waals surface area contributed by atoms with Crippen LogP contribution in [0.5, 0.6) is 0 Å². The Morgan fingerprint density at radius 2 is 1.43 bits per heavy atom. The van der Waals surface area contributed by atoms with Gasteiger partial charge in [0.1, 0.15) is 0 Å². The summed E-state index contributed by atoms with van der Waals surface area (Å²) in [4.78, 5) is 0. The number of hydrogen-bond donors (Lipinski definition) is 3. The molecule has 0 spiro atoms. The predicted molar refractivity (Wildman–Crippen MR) is 96.8 cm³/mol. The first kappa shape index (κ1) is 22.4. The van der Waals surface area contributed by atoms with E-state index in [4.69, 9.17) is 20.7 Å². The van der Waals surface area contributed by atoms with E-state index in [2.05, 4.69) is 12.1 Å². The SMILES string of the molecule is Cl.NC(CO)(CO)CCCCCCCCOCc1ccccc1. The van der Waals surface area contributed by atoms with Gasteiger partial charge in [0.05, 0.1) is 25.4 Å². The van der Waals surface area contributed by atoms with Gasteiger partial charge in [0.2, 0.25) is 0 Å². The first-order chi connectivity index (χ1) is 10.7. The van der Waals surface area contributed by atoms with Crippen LogP contribution in [0.1, 0.15) is 50.5 Å². The van der Waals surface area contributed by atoms with E-state index in [9.17, 15) is 0 Å².